The van der Waals surface area contributed by atoms with Crippen molar-refractivity contribution in [3.8, 4) is 5.69 Å². The lowest BCUT2D eigenvalue weighted by atomic mass is 10.2. The number of aromatic nitrogens is 2. The van der Waals surface area contributed by atoms with Gasteiger partial charge in [0.15, 0.2) is 6.10 Å². The Morgan fingerprint density at radius 3 is 2.57 bits per heavy atom. The van der Waals surface area contributed by atoms with Gasteiger partial charge in [0.25, 0.3) is 5.91 Å². The highest BCUT2D eigenvalue weighted by atomic mass is 19.4. The summed E-state index contributed by atoms with van der Waals surface area (Å²) in [5, 5.41) is 6.31. The lowest BCUT2D eigenvalue weighted by molar-refractivity contribution is -0.137. The molecular formula is C18H18F3N3O4. The van der Waals surface area contributed by atoms with Crippen LogP contribution in [0, 0.1) is 6.92 Å². The van der Waals surface area contributed by atoms with Crippen LogP contribution in [0.5, 0.6) is 0 Å². The van der Waals surface area contributed by atoms with Crippen LogP contribution in [0.4, 0.5) is 13.2 Å². The average Bonchev–Trinajstić information content (AvgIpc) is 2.61. The SMILES string of the molecule is CCNC(=O)[C@@H](C)OC(=O)c1nn(-c2cccc(C(F)(F)F)c2)c(C)cc1=O. The number of nitrogens with one attached hydrogen (secondary N) is 1. The zero-order chi connectivity index (χ0) is 21.1. The van der Waals surface area contributed by atoms with Gasteiger partial charge in [-0.15, -0.1) is 0 Å². The van der Waals surface area contributed by atoms with Gasteiger partial charge in [-0.25, -0.2) is 9.48 Å². The van der Waals surface area contributed by atoms with E-state index in [1.54, 1.807) is 6.92 Å². The minimum atomic E-state index is -4.56. The Morgan fingerprint density at radius 1 is 1.29 bits per heavy atom. The Morgan fingerprint density at radius 2 is 1.96 bits per heavy atom. The van der Waals surface area contributed by atoms with Crippen molar-refractivity contribution in [2.75, 3.05) is 6.54 Å². The van der Waals surface area contributed by atoms with E-state index in [0.717, 1.165) is 22.9 Å². The van der Waals surface area contributed by atoms with E-state index in [0.29, 0.717) is 6.54 Å². The van der Waals surface area contributed by atoms with Gasteiger partial charge < -0.3 is 10.1 Å². The molecule has 0 saturated heterocycles. The quantitative estimate of drug-likeness (QED) is 0.782. The van der Waals surface area contributed by atoms with Crippen molar-refractivity contribution in [2.45, 2.75) is 33.1 Å². The zero-order valence-corrected chi connectivity index (χ0v) is 15.3. The van der Waals surface area contributed by atoms with Crippen molar-refractivity contribution in [1.82, 2.24) is 15.1 Å². The van der Waals surface area contributed by atoms with Crippen molar-refractivity contribution in [3.63, 3.8) is 0 Å². The Bertz CT molecular complexity index is 954. The van der Waals surface area contributed by atoms with Crippen LogP contribution in [-0.2, 0) is 15.7 Å². The molecule has 0 spiro atoms. The number of ether oxygens (including phenoxy) is 1. The van der Waals surface area contributed by atoms with E-state index < -0.39 is 40.8 Å². The Kier molecular flexibility index (Phi) is 6.22. The molecule has 0 bridgehead atoms. The molecule has 0 saturated carbocycles. The Hall–Kier alpha value is -3.17. The molecule has 10 heteroatoms. The van der Waals surface area contributed by atoms with E-state index in [2.05, 4.69) is 10.4 Å². The number of hydrogen-bond acceptors (Lipinski definition) is 5. The second kappa shape index (κ2) is 8.24. The summed E-state index contributed by atoms with van der Waals surface area (Å²) in [7, 11) is 0. The molecular weight excluding hydrogens is 379 g/mol. The van der Waals surface area contributed by atoms with E-state index in [1.165, 1.54) is 26.0 Å². The van der Waals surface area contributed by atoms with Gasteiger partial charge in [-0.3, -0.25) is 9.59 Å². The fraction of sp³-hybridized carbons (Fsp3) is 0.333. The molecule has 1 aromatic carbocycles. The molecule has 2 rings (SSSR count). The molecule has 1 N–H and O–H groups in total. The molecule has 0 aliphatic rings. The molecule has 150 valence electrons. The van der Waals surface area contributed by atoms with Crippen molar-refractivity contribution in [2.24, 2.45) is 0 Å². The first-order chi connectivity index (χ1) is 13.0. The van der Waals surface area contributed by atoms with Crippen LogP contribution in [0.25, 0.3) is 5.69 Å². The third kappa shape index (κ3) is 4.76. The minimum Gasteiger partial charge on any atom is -0.448 e. The van der Waals surface area contributed by atoms with E-state index >= 15 is 0 Å². The Labute approximate surface area is 158 Å². The third-order valence-corrected chi connectivity index (χ3v) is 3.72. The number of likely N-dealkylation sites (N-methyl/N-ethyl adjacent to an activating group) is 1. The summed E-state index contributed by atoms with van der Waals surface area (Å²) < 4.78 is 44.8. The largest absolute Gasteiger partial charge is 0.448 e. The normalized spacial score (nSPS) is 12.4. The summed E-state index contributed by atoms with van der Waals surface area (Å²) in [5.41, 5.74) is -2.08. The number of carbonyl (C=O) groups is 2. The number of aryl methyl sites for hydroxylation is 1. The molecule has 0 radical (unpaired) electrons. The van der Waals surface area contributed by atoms with Gasteiger partial charge in [-0.05, 0) is 39.0 Å². The number of carbonyl (C=O) groups excluding carboxylic acids is 2. The maximum atomic E-state index is 12.9. The van der Waals surface area contributed by atoms with Crippen LogP contribution >= 0.6 is 0 Å². The molecule has 0 aliphatic carbocycles. The number of halogens is 3. The van der Waals surface area contributed by atoms with Crippen LogP contribution in [0.1, 0.15) is 35.6 Å². The van der Waals surface area contributed by atoms with Gasteiger partial charge in [0.05, 0.1) is 11.3 Å². The van der Waals surface area contributed by atoms with Crippen molar-refractivity contribution >= 4 is 11.9 Å². The molecule has 1 amide bonds. The van der Waals surface area contributed by atoms with Gasteiger partial charge in [-0.1, -0.05) is 6.07 Å². The Balaban J connectivity index is 2.41. The fourth-order valence-electron chi connectivity index (χ4n) is 2.35. The maximum absolute atomic E-state index is 12.9. The standard InChI is InChI=1S/C18H18F3N3O4/c1-4-22-16(26)11(3)28-17(27)15-14(25)8-10(2)24(23-15)13-7-5-6-12(9-13)18(19,20)21/h5-9,11H,4H2,1-3H3,(H,22,26)/t11-/m1/s1. The van der Waals surface area contributed by atoms with Crippen molar-refractivity contribution in [1.29, 1.82) is 0 Å². The van der Waals surface area contributed by atoms with E-state index in [4.69, 9.17) is 4.74 Å². The summed E-state index contributed by atoms with van der Waals surface area (Å²) in [6.45, 7) is 4.79. The average molecular weight is 397 g/mol. The number of nitrogens with zero attached hydrogens (tertiary/aromatic N) is 2. The van der Waals surface area contributed by atoms with E-state index in [-0.39, 0.29) is 11.4 Å². The van der Waals surface area contributed by atoms with Gasteiger partial charge in [0.2, 0.25) is 11.1 Å². The minimum absolute atomic E-state index is 0.0122. The number of rotatable bonds is 5. The van der Waals surface area contributed by atoms with E-state index in [1.807, 2.05) is 0 Å². The van der Waals surface area contributed by atoms with Crippen LogP contribution in [0.15, 0.2) is 35.1 Å². The second-order valence-electron chi connectivity index (χ2n) is 5.90. The first-order valence-electron chi connectivity index (χ1n) is 8.32. The summed E-state index contributed by atoms with van der Waals surface area (Å²) in [6.07, 6.45) is -5.73. The smallest absolute Gasteiger partial charge is 0.416 e. The first kappa shape index (κ1) is 21.1. The predicted octanol–water partition coefficient (Wildman–Crippen LogP) is 2.24. The van der Waals surface area contributed by atoms with Gasteiger partial charge >= 0.3 is 12.1 Å². The van der Waals surface area contributed by atoms with Gasteiger partial charge in [0.1, 0.15) is 0 Å². The first-order valence-corrected chi connectivity index (χ1v) is 8.32. The summed E-state index contributed by atoms with van der Waals surface area (Å²) in [5.74, 6) is -1.70. The lowest BCUT2D eigenvalue weighted by Crippen LogP contribution is -2.37. The van der Waals surface area contributed by atoms with Crippen molar-refractivity contribution in [3.05, 3.63) is 57.5 Å². The molecule has 0 fully saturated rings. The molecule has 28 heavy (non-hydrogen) atoms. The monoisotopic (exact) mass is 397 g/mol. The summed E-state index contributed by atoms with van der Waals surface area (Å²) >= 11 is 0. The highest BCUT2D eigenvalue weighted by molar-refractivity contribution is 5.90. The highest BCUT2D eigenvalue weighted by Gasteiger charge is 2.31. The summed E-state index contributed by atoms with van der Waals surface area (Å²) in [6, 6.07) is 5.33. The van der Waals surface area contributed by atoms with Crippen LogP contribution in [-0.4, -0.2) is 34.3 Å². The number of hydrogen-bond donors (Lipinski definition) is 1. The zero-order valence-electron chi connectivity index (χ0n) is 15.3. The molecule has 1 heterocycles. The molecule has 0 aliphatic heterocycles. The van der Waals surface area contributed by atoms with Crippen molar-refractivity contribution < 1.29 is 27.5 Å². The third-order valence-electron chi connectivity index (χ3n) is 3.72. The molecule has 1 aromatic heterocycles. The predicted molar refractivity (Wildman–Crippen MR) is 93.1 cm³/mol. The molecule has 7 nitrogen and oxygen atoms in total. The molecule has 0 unspecified atom stereocenters. The number of benzene rings is 1. The highest BCUT2D eigenvalue weighted by Crippen LogP contribution is 2.30. The van der Waals surface area contributed by atoms with Gasteiger partial charge in [-0.2, -0.15) is 18.3 Å². The number of alkyl halides is 3. The summed E-state index contributed by atoms with van der Waals surface area (Å²) in [4.78, 5) is 36.0. The fourth-order valence-corrected chi connectivity index (χ4v) is 2.35. The van der Waals surface area contributed by atoms with Gasteiger partial charge in [0, 0.05) is 18.3 Å². The maximum Gasteiger partial charge on any atom is 0.416 e. The lowest BCUT2D eigenvalue weighted by Gasteiger charge is -2.15. The molecule has 2 aromatic rings. The number of esters is 1. The number of amides is 1. The van der Waals surface area contributed by atoms with E-state index in [9.17, 15) is 27.6 Å². The van der Waals surface area contributed by atoms with Crippen LogP contribution in [0.2, 0.25) is 0 Å². The topological polar surface area (TPSA) is 90.3 Å². The second-order valence-corrected chi connectivity index (χ2v) is 5.90. The molecule has 1 atom stereocenters. The van der Waals surface area contributed by atoms with Crippen LogP contribution in [0.3, 0.4) is 0 Å². The van der Waals surface area contributed by atoms with Crippen LogP contribution < -0.4 is 10.7 Å².